The van der Waals surface area contributed by atoms with E-state index in [-0.39, 0.29) is 5.91 Å². The molecule has 0 saturated heterocycles. The van der Waals surface area contributed by atoms with Gasteiger partial charge in [0.25, 0.3) is 16.1 Å². The van der Waals surface area contributed by atoms with Crippen molar-refractivity contribution in [3.05, 3.63) is 53.9 Å². The summed E-state index contributed by atoms with van der Waals surface area (Å²) in [6.45, 7) is 0.561. The van der Waals surface area contributed by atoms with E-state index >= 15 is 0 Å². The van der Waals surface area contributed by atoms with Gasteiger partial charge in [-0.2, -0.15) is 8.42 Å². The molecule has 0 unspecified atom stereocenters. The van der Waals surface area contributed by atoms with Gasteiger partial charge in [-0.15, -0.1) is 0 Å². The van der Waals surface area contributed by atoms with Crippen molar-refractivity contribution < 1.29 is 13.2 Å². The molecule has 0 bridgehead atoms. The summed E-state index contributed by atoms with van der Waals surface area (Å²) in [7, 11) is -2.27. The predicted molar refractivity (Wildman–Crippen MR) is 87.7 cm³/mol. The van der Waals surface area contributed by atoms with Gasteiger partial charge in [-0.25, -0.2) is 4.72 Å². The van der Waals surface area contributed by atoms with Crippen LogP contribution in [-0.4, -0.2) is 32.9 Å². The van der Waals surface area contributed by atoms with Gasteiger partial charge in [0.2, 0.25) is 0 Å². The van der Waals surface area contributed by atoms with Crippen LogP contribution in [0.25, 0.3) is 0 Å². The van der Waals surface area contributed by atoms with Gasteiger partial charge >= 0.3 is 0 Å². The van der Waals surface area contributed by atoms with Gasteiger partial charge in [-0.1, -0.05) is 6.07 Å². The highest BCUT2D eigenvalue weighted by Crippen LogP contribution is 2.32. The van der Waals surface area contributed by atoms with Crippen LogP contribution in [0.1, 0.15) is 15.9 Å². The maximum Gasteiger partial charge on any atom is 0.298 e. The van der Waals surface area contributed by atoms with E-state index in [1.807, 2.05) is 6.07 Å². The maximum absolute atomic E-state index is 12.6. The number of anilines is 2. The van der Waals surface area contributed by atoms with Crippen LogP contribution in [0.15, 0.2) is 42.7 Å². The molecule has 1 amide bonds. The molecule has 2 N–H and O–H groups in total. The summed E-state index contributed by atoms with van der Waals surface area (Å²) in [4.78, 5) is 18.2. The number of hydrogen-bond acceptors (Lipinski definition) is 4. The number of fused-ring (bicyclic) bond motifs is 1. The number of hydrogen-bond donors (Lipinski definition) is 2. The Kier molecular flexibility index (Phi) is 4.01. The zero-order valence-corrected chi connectivity index (χ0v) is 13.3. The van der Waals surface area contributed by atoms with E-state index < -0.39 is 10.2 Å². The van der Waals surface area contributed by atoms with Crippen LogP contribution in [0.4, 0.5) is 11.4 Å². The molecule has 0 atom stereocenters. The second kappa shape index (κ2) is 5.98. The van der Waals surface area contributed by atoms with E-state index in [2.05, 4.69) is 14.4 Å². The van der Waals surface area contributed by atoms with Gasteiger partial charge in [0.1, 0.15) is 0 Å². The van der Waals surface area contributed by atoms with E-state index in [1.54, 1.807) is 35.4 Å². The molecule has 1 aliphatic rings. The Morgan fingerprint density at radius 2 is 2.13 bits per heavy atom. The minimum absolute atomic E-state index is 0.148. The number of benzene rings is 1. The predicted octanol–water partition coefficient (Wildman–Crippen LogP) is 1.16. The first kappa shape index (κ1) is 15.4. The van der Waals surface area contributed by atoms with Gasteiger partial charge in [-0.3, -0.25) is 14.5 Å². The Bertz CT molecular complexity index is 837. The number of rotatable bonds is 4. The van der Waals surface area contributed by atoms with Crippen molar-refractivity contribution in [2.24, 2.45) is 0 Å². The van der Waals surface area contributed by atoms with Gasteiger partial charge in [0, 0.05) is 31.7 Å². The third kappa shape index (κ3) is 3.17. The third-order valence-corrected chi connectivity index (χ3v) is 4.70. The molecule has 23 heavy (non-hydrogen) atoms. The molecular formula is C15H16N4O3S. The fourth-order valence-electron chi connectivity index (χ4n) is 2.50. The normalized spacial score (nSPS) is 13.7. The van der Waals surface area contributed by atoms with Gasteiger partial charge < -0.3 is 4.90 Å². The third-order valence-electron chi connectivity index (χ3n) is 3.66. The molecule has 0 aliphatic carbocycles. The zero-order valence-electron chi connectivity index (χ0n) is 12.5. The molecular weight excluding hydrogens is 316 g/mol. The second-order valence-electron chi connectivity index (χ2n) is 5.10. The molecule has 1 aliphatic heterocycles. The van der Waals surface area contributed by atoms with Gasteiger partial charge in [0.05, 0.1) is 11.3 Å². The summed E-state index contributed by atoms with van der Waals surface area (Å²) in [5.74, 6) is -0.148. The van der Waals surface area contributed by atoms with E-state index in [1.165, 1.54) is 13.2 Å². The molecule has 2 aromatic rings. The summed E-state index contributed by atoms with van der Waals surface area (Å²) in [5, 5.41) is 0. The second-order valence-corrected chi connectivity index (χ2v) is 6.72. The van der Waals surface area contributed by atoms with E-state index in [4.69, 9.17) is 0 Å². The monoisotopic (exact) mass is 332 g/mol. The molecule has 0 fully saturated rings. The number of aromatic nitrogens is 1. The van der Waals surface area contributed by atoms with Crippen LogP contribution in [0, 0.1) is 0 Å². The molecule has 0 saturated carbocycles. The quantitative estimate of drug-likeness (QED) is 0.879. The lowest BCUT2D eigenvalue weighted by molar-refractivity contribution is 0.0989. The average Bonchev–Trinajstić information content (AvgIpc) is 2.98. The zero-order chi connectivity index (χ0) is 16.4. The van der Waals surface area contributed by atoms with Crippen molar-refractivity contribution in [2.45, 2.75) is 6.42 Å². The van der Waals surface area contributed by atoms with Gasteiger partial charge in [-0.05, 0) is 36.2 Å². The standard InChI is InChI=1S/C15H16N4O3S/c1-16-23(21,22)18-13-5-4-11-6-8-19(14(11)9-13)15(20)12-3-2-7-17-10-12/h2-5,7,9-10,16,18H,6,8H2,1H3. The highest BCUT2D eigenvalue weighted by molar-refractivity contribution is 7.90. The molecule has 2 heterocycles. The summed E-state index contributed by atoms with van der Waals surface area (Å²) in [5.41, 5.74) is 2.63. The molecule has 7 nitrogen and oxygen atoms in total. The maximum atomic E-state index is 12.6. The molecule has 120 valence electrons. The first-order chi connectivity index (χ1) is 11.0. The van der Waals surface area contributed by atoms with Crippen molar-refractivity contribution in [3.8, 4) is 0 Å². The molecule has 1 aromatic carbocycles. The number of nitrogens with one attached hydrogen (secondary N) is 2. The molecule has 3 rings (SSSR count). The van der Waals surface area contributed by atoms with Crippen LogP contribution >= 0.6 is 0 Å². The highest BCUT2D eigenvalue weighted by Gasteiger charge is 2.26. The lowest BCUT2D eigenvalue weighted by Gasteiger charge is -2.18. The molecule has 0 radical (unpaired) electrons. The topological polar surface area (TPSA) is 91.4 Å². The molecule has 8 heteroatoms. The first-order valence-corrected chi connectivity index (χ1v) is 8.54. The molecule has 0 spiro atoms. The first-order valence-electron chi connectivity index (χ1n) is 7.06. The van der Waals surface area contributed by atoms with Crippen molar-refractivity contribution >= 4 is 27.5 Å². The summed E-state index contributed by atoms with van der Waals surface area (Å²) in [6.07, 6.45) is 3.87. The number of carbonyl (C=O) groups is 1. The van der Waals surface area contributed by atoms with E-state index in [9.17, 15) is 13.2 Å². The number of carbonyl (C=O) groups excluding carboxylic acids is 1. The van der Waals surface area contributed by atoms with Crippen LogP contribution < -0.4 is 14.3 Å². The highest BCUT2D eigenvalue weighted by atomic mass is 32.2. The summed E-state index contributed by atoms with van der Waals surface area (Å²) >= 11 is 0. The Morgan fingerprint density at radius 3 is 2.83 bits per heavy atom. The smallest absolute Gasteiger partial charge is 0.298 e. The Labute approximate surface area is 134 Å². The number of pyridine rings is 1. The van der Waals surface area contributed by atoms with Crippen LogP contribution in [-0.2, 0) is 16.6 Å². The minimum Gasteiger partial charge on any atom is -0.308 e. The lowest BCUT2D eigenvalue weighted by Crippen LogP contribution is -2.29. The van der Waals surface area contributed by atoms with E-state index in [0.717, 1.165) is 17.7 Å². The van der Waals surface area contributed by atoms with Crippen LogP contribution in [0.2, 0.25) is 0 Å². The average molecular weight is 332 g/mol. The summed E-state index contributed by atoms with van der Waals surface area (Å²) in [6, 6.07) is 8.61. The molecule has 1 aromatic heterocycles. The fraction of sp³-hybridized carbons (Fsp3) is 0.200. The minimum atomic E-state index is -3.59. The Morgan fingerprint density at radius 1 is 1.30 bits per heavy atom. The lowest BCUT2D eigenvalue weighted by atomic mass is 10.1. The van der Waals surface area contributed by atoms with Crippen LogP contribution in [0.3, 0.4) is 0 Å². The number of amides is 1. The fourth-order valence-corrected chi connectivity index (χ4v) is 3.04. The Hall–Kier alpha value is -2.45. The largest absolute Gasteiger partial charge is 0.308 e. The van der Waals surface area contributed by atoms with Crippen molar-refractivity contribution in [1.82, 2.24) is 9.71 Å². The number of nitrogens with zero attached hydrogens (tertiary/aromatic N) is 2. The van der Waals surface area contributed by atoms with E-state index in [0.29, 0.717) is 17.8 Å². The van der Waals surface area contributed by atoms with Crippen molar-refractivity contribution in [3.63, 3.8) is 0 Å². The van der Waals surface area contributed by atoms with Crippen molar-refractivity contribution in [2.75, 3.05) is 23.2 Å². The Balaban J connectivity index is 1.91. The summed E-state index contributed by atoms with van der Waals surface area (Å²) < 4.78 is 27.8. The van der Waals surface area contributed by atoms with Gasteiger partial charge in [0.15, 0.2) is 0 Å². The van der Waals surface area contributed by atoms with Crippen LogP contribution in [0.5, 0.6) is 0 Å². The SMILES string of the molecule is CNS(=O)(=O)Nc1ccc2c(c1)N(C(=O)c1cccnc1)CC2. The van der Waals surface area contributed by atoms with Crippen molar-refractivity contribution in [1.29, 1.82) is 0 Å².